The zero-order chi connectivity index (χ0) is 20.4. The molecule has 1 saturated heterocycles. The van der Waals surface area contributed by atoms with Crippen molar-refractivity contribution in [3.05, 3.63) is 59.7 Å². The second kappa shape index (κ2) is 8.43. The molecule has 0 amide bonds. The molecule has 150 valence electrons. The highest BCUT2D eigenvalue weighted by Crippen LogP contribution is 2.39. The quantitative estimate of drug-likeness (QED) is 0.430. The topological polar surface area (TPSA) is 53.1 Å². The van der Waals surface area contributed by atoms with Crippen LogP contribution in [0.1, 0.15) is 37.3 Å². The summed E-state index contributed by atoms with van der Waals surface area (Å²) in [7, 11) is 0. The van der Waals surface area contributed by atoms with Crippen LogP contribution in [-0.4, -0.2) is 32.1 Å². The summed E-state index contributed by atoms with van der Waals surface area (Å²) in [5.74, 6) is 0.139. The SMILES string of the molecule is Cc1ccccc1C(=S)N=Nc1c(O)n(CN2CCCC[C@H]2C)c2ccccc12. The van der Waals surface area contributed by atoms with Gasteiger partial charge >= 0.3 is 0 Å². The number of fused-ring (bicyclic) bond motifs is 1. The number of thiocarbonyl (C=S) groups is 1. The van der Waals surface area contributed by atoms with Crippen LogP contribution in [0.3, 0.4) is 0 Å². The zero-order valence-corrected chi connectivity index (χ0v) is 17.7. The van der Waals surface area contributed by atoms with Gasteiger partial charge in [0.15, 0.2) is 10.7 Å². The van der Waals surface area contributed by atoms with Crippen molar-refractivity contribution >= 4 is 33.8 Å². The van der Waals surface area contributed by atoms with E-state index in [4.69, 9.17) is 12.2 Å². The molecule has 3 aromatic rings. The van der Waals surface area contributed by atoms with E-state index >= 15 is 0 Å². The maximum atomic E-state index is 11.0. The first-order valence-electron chi connectivity index (χ1n) is 10.1. The minimum atomic E-state index is 0.139. The molecule has 2 heterocycles. The van der Waals surface area contributed by atoms with Crippen molar-refractivity contribution in [2.75, 3.05) is 6.54 Å². The molecule has 1 atom stereocenters. The third kappa shape index (κ3) is 3.95. The predicted octanol–water partition coefficient (Wildman–Crippen LogP) is 5.95. The fourth-order valence-corrected chi connectivity index (χ4v) is 4.29. The van der Waals surface area contributed by atoms with Crippen LogP contribution in [0.5, 0.6) is 5.88 Å². The highest BCUT2D eigenvalue weighted by Gasteiger charge is 2.22. The standard InChI is InChI=1S/C23H26N4OS/c1-16-9-3-4-11-18(16)22(29)25-24-21-19-12-5-6-13-20(19)27(23(21)28)15-26-14-8-7-10-17(26)2/h3-6,9,11-13,17,28H,7-8,10,14-15H2,1-2H3/t17-/m1/s1. The number of nitrogens with zero attached hydrogens (tertiary/aromatic N) is 4. The summed E-state index contributed by atoms with van der Waals surface area (Å²) in [5.41, 5.74) is 3.37. The van der Waals surface area contributed by atoms with E-state index in [1.165, 1.54) is 19.3 Å². The van der Waals surface area contributed by atoms with Gasteiger partial charge in [0.25, 0.3) is 0 Å². The number of piperidine rings is 1. The molecule has 0 radical (unpaired) electrons. The molecule has 2 aromatic carbocycles. The van der Waals surface area contributed by atoms with Crippen LogP contribution in [0, 0.1) is 6.92 Å². The van der Waals surface area contributed by atoms with Crippen LogP contribution in [0.2, 0.25) is 0 Å². The van der Waals surface area contributed by atoms with Crippen LogP contribution in [0.4, 0.5) is 5.69 Å². The Hall–Kier alpha value is -2.57. The Bertz CT molecular complexity index is 1070. The lowest BCUT2D eigenvalue weighted by atomic mass is 10.0. The van der Waals surface area contributed by atoms with Gasteiger partial charge in [-0.1, -0.05) is 61.1 Å². The van der Waals surface area contributed by atoms with Gasteiger partial charge in [-0.2, -0.15) is 0 Å². The first-order chi connectivity index (χ1) is 14.1. The third-order valence-electron chi connectivity index (χ3n) is 5.80. The summed E-state index contributed by atoms with van der Waals surface area (Å²) in [6.07, 6.45) is 3.66. The van der Waals surface area contributed by atoms with E-state index < -0.39 is 0 Å². The molecule has 0 bridgehead atoms. The van der Waals surface area contributed by atoms with Gasteiger partial charge in [-0.3, -0.25) is 9.47 Å². The molecule has 5 nitrogen and oxygen atoms in total. The Morgan fingerprint density at radius 1 is 1.14 bits per heavy atom. The summed E-state index contributed by atoms with van der Waals surface area (Å²) in [6.45, 7) is 5.94. The van der Waals surface area contributed by atoms with E-state index in [1.54, 1.807) is 0 Å². The summed E-state index contributed by atoms with van der Waals surface area (Å²) in [6, 6.07) is 16.3. The Kier molecular flexibility index (Phi) is 5.74. The highest BCUT2D eigenvalue weighted by molar-refractivity contribution is 7.80. The van der Waals surface area contributed by atoms with Gasteiger partial charge in [-0.25, -0.2) is 0 Å². The lowest BCUT2D eigenvalue weighted by Gasteiger charge is -2.33. The third-order valence-corrected chi connectivity index (χ3v) is 6.10. The van der Waals surface area contributed by atoms with Gasteiger partial charge in [0.2, 0.25) is 5.88 Å². The van der Waals surface area contributed by atoms with Crippen molar-refractivity contribution < 1.29 is 5.11 Å². The maximum Gasteiger partial charge on any atom is 0.221 e. The first kappa shape index (κ1) is 19.7. The Labute approximate surface area is 176 Å². The fourth-order valence-electron chi connectivity index (χ4n) is 4.02. The minimum absolute atomic E-state index is 0.139. The van der Waals surface area contributed by atoms with Crippen LogP contribution >= 0.6 is 12.2 Å². The lowest BCUT2D eigenvalue weighted by molar-refractivity contribution is 0.120. The smallest absolute Gasteiger partial charge is 0.221 e. The van der Waals surface area contributed by atoms with E-state index in [0.29, 0.717) is 23.4 Å². The van der Waals surface area contributed by atoms with Gasteiger partial charge in [-0.15, -0.1) is 10.2 Å². The van der Waals surface area contributed by atoms with Crippen LogP contribution in [0.15, 0.2) is 58.8 Å². The van der Waals surface area contributed by atoms with Crippen molar-refractivity contribution in [1.29, 1.82) is 0 Å². The van der Waals surface area contributed by atoms with Gasteiger partial charge in [0, 0.05) is 23.5 Å². The number of aromatic nitrogens is 1. The predicted molar refractivity (Wildman–Crippen MR) is 121 cm³/mol. The monoisotopic (exact) mass is 406 g/mol. The molecule has 6 heteroatoms. The molecule has 0 unspecified atom stereocenters. The van der Waals surface area contributed by atoms with Gasteiger partial charge in [0.1, 0.15) is 0 Å². The fraction of sp³-hybridized carbons (Fsp3) is 0.348. The molecule has 0 aliphatic carbocycles. The first-order valence-corrected chi connectivity index (χ1v) is 10.5. The number of azo groups is 1. The van der Waals surface area contributed by atoms with Crippen LogP contribution in [0.25, 0.3) is 10.9 Å². The number of hydrogen-bond acceptors (Lipinski definition) is 4. The highest BCUT2D eigenvalue weighted by atomic mass is 32.1. The van der Waals surface area contributed by atoms with Crippen LogP contribution in [-0.2, 0) is 6.67 Å². The number of benzene rings is 2. The van der Waals surface area contributed by atoms with E-state index in [2.05, 4.69) is 22.1 Å². The van der Waals surface area contributed by atoms with Crippen molar-refractivity contribution in [1.82, 2.24) is 9.47 Å². The Morgan fingerprint density at radius 3 is 2.69 bits per heavy atom. The number of rotatable bonds is 4. The molecule has 1 aliphatic heterocycles. The summed E-state index contributed by atoms with van der Waals surface area (Å²) in [5, 5.41) is 20.5. The van der Waals surface area contributed by atoms with Crippen molar-refractivity contribution in [3.63, 3.8) is 0 Å². The van der Waals surface area contributed by atoms with E-state index in [-0.39, 0.29) is 5.88 Å². The Balaban J connectivity index is 1.69. The number of hydrogen-bond donors (Lipinski definition) is 1. The molecule has 4 rings (SSSR count). The van der Waals surface area contributed by atoms with Crippen LogP contribution < -0.4 is 0 Å². The van der Waals surface area contributed by atoms with Gasteiger partial charge in [0.05, 0.1) is 12.2 Å². The van der Waals surface area contributed by atoms with Gasteiger partial charge < -0.3 is 5.11 Å². The van der Waals surface area contributed by atoms with E-state index in [1.807, 2.05) is 60.0 Å². The molecule has 29 heavy (non-hydrogen) atoms. The average Bonchev–Trinajstić information content (AvgIpc) is 2.99. The summed E-state index contributed by atoms with van der Waals surface area (Å²) in [4.78, 5) is 2.83. The number of aromatic hydroxyl groups is 1. The van der Waals surface area contributed by atoms with Gasteiger partial charge in [-0.05, 0) is 38.3 Å². The number of para-hydroxylation sites is 1. The molecule has 0 saturated carbocycles. The second-order valence-electron chi connectivity index (χ2n) is 7.74. The molecular weight excluding hydrogens is 380 g/mol. The second-order valence-corrected chi connectivity index (χ2v) is 8.12. The van der Waals surface area contributed by atoms with E-state index in [0.717, 1.165) is 28.6 Å². The number of likely N-dealkylation sites (tertiary alicyclic amines) is 1. The normalized spacial score (nSPS) is 17.9. The number of aryl methyl sites for hydroxylation is 1. The molecule has 1 N–H and O–H groups in total. The molecular formula is C23H26N4OS. The lowest BCUT2D eigenvalue weighted by Crippen LogP contribution is -2.38. The molecule has 1 aliphatic rings. The average molecular weight is 407 g/mol. The van der Waals surface area contributed by atoms with Crippen molar-refractivity contribution in [3.8, 4) is 5.88 Å². The van der Waals surface area contributed by atoms with E-state index in [9.17, 15) is 5.11 Å². The molecule has 1 aromatic heterocycles. The van der Waals surface area contributed by atoms with Crippen molar-refractivity contribution in [2.24, 2.45) is 10.2 Å². The molecule has 0 spiro atoms. The maximum absolute atomic E-state index is 11.0. The largest absolute Gasteiger partial charge is 0.493 e. The summed E-state index contributed by atoms with van der Waals surface area (Å²) >= 11 is 5.47. The zero-order valence-electron chi connectivity index (χ0n) is 16.9. The van der Waals surface area contributed by atoms with Crippen molar-refractivity contribution in [2.45, 2.75) is 45.8 Å². The molecule has 1 fully saturated rings. The minimum Gasteiger partial charge on any atom is -0.493 e. The summed E-state index contributed by atoms with van der Waals surface area (Å²) < 4.78 is 1.93. The Morgan fingerprint density at radius 2 is 1.90 bits per heavy atom.